The summed E-state index contributed by atoms with van der Waals surface area (Å²) in [6.07, 6.45) is 0. The lowest BCUT2D eigenvalue weighted by Gasteiger charge is -2.30. The van der Waals surface area contributed by atoms with Gasteiger partial charge >= 0.3 is 0 Å². The highest BCUT2D eigenvalue weighted by molar-refractivity contribution is 8.01. The van der Waals surface area contributed by atoms with Gasteiger partial charge in [0, 0.05) is 10.0 Å². The van der Waals surface area contributed by atoms with Gasteiger partial charge in [-0.25, -0.2) is 4.90 Å². The van der Waals surface area contributed by atoms with Crippen molar-refractivity contribution in [2.75, 3.05) is 10.7 Å². The summed E-state index contributed by atoms with van der Waals surface area (Å²) < 4.78 is 0. The fourth-order valence-electron chi connectivity index (χ4n) is 2.27. The van der Waals surface area contributed by atoms with Crippen molar-refractivity contribution in [3.8, 4) is 0 Å². The zero-order chi connectivity index (χ0) is 15.7. The number of imide groups is 1. The zero-order valence-electron chi connectivity index (χ0n) is 11.3. The predicted octanol–water partition coefficient (Wildman–Crippen LogP) is 4.34. The van der Waals surface area contributed by atoms with Crippen LogP contribution in [0.25, 0.3) is 0 Å². The van der Waals surface area contributed by atoms with Crippen LogP contribution in [0.2, 0.25) is 10.0 Å². The van der Waals surface area contributed by atoms with Gasteiger partial charge in [0.15, 0.2) is 0 Å². The second-order valence-electron chi connectivity index (χ2n) is 4.79. The number of carbonyl (C=O) groups excluding carboxylic acids is 2. The Morgan fingerprint density at radius 3 is 2.05 bits per heavy atom. The number of rotatable bonds is 2. The lowest BCUT2D eigenvalue weighted by Crippen LogP contribution is -2.44. The van der Waals surface area contributed by atoms with E-state index in [1.165, 1.54) is 16.7 Å². The molecule has 1 aliphatic rings. The quantitative estimate of drug-likeness (QED) is 0.755. The molecule has 0 saturated carbocycles. The molecule has 3 rings (SSSR count). The first-order chi connectivity index (χ1) is 10.6. The second-order valence-corrected chi connectivity index (χ2v) is 6.75. The summed E-state index contributed by atoms with van der Waals surface area (Å²) in [5.41, 5.74) is 1.38. The molecule has 1 atom stereocenters. The Labute approximate surface area is 142 Å². The minimum Gasteiger partial charge on any atom is -0.273 e. The molecule has 2 aromatic rings. The highest BCUT2D eigenvalue weighted by atomic mass is 35.5. The van der Waals surface area contributed by atoms with Gasteiger partial charge in [-0.2, -0.15) is 0 Å². The first-order valence-corrected chi connectivity index (χ1v) is 8.36. The highest BCUT2D eigenvalue weighted by Gasteiger charge is 2.36. The van der Waals surface area contributed by atoms with Gasteiger partial charge in [-0.05, 0) is 42.0 Å². The molecular formula is C16H11Cl2NO2S. The summed E-state index contributed by atoms with van der Waals surface area (Å²) in [7, 11) is 0. The molecule has 0 unspecified atom stereocenters. The van der Waals surface area contributed by atoms with Crippen LogP contribution in [0.4, 0.5) is 5.69 Å². The van der Waals surface area contributed by atoms with Crippen molar-refractivity contribution >= 4 is 52.5 Å². The van der Waals surface area contributed by atoms with E-state index in [4.69, 9.17) is 23.2 Å². The Hall–Kier alpha value is -1.49. The van der Waals surface area contributed by atoms with Crippen LogP contribution < -0.4 is 4.90 Å². The average Bonchev–Trinajstić information content (AvgIpc) is 2.51. The van der Waals surface area contributed by atoms with E-state index in [9.17, 15) is 9.59 Å². The van der Waals surface area contributed by atoms with Crippen LogP contribution in [0.5, 0.6) is 0 Å². The van der Waals surface area contributed by atoms with Gasteiger partial charge in [-0.3, -0.25) is 9.59 Å². The van der Waals surface area contributed by atoms with E-state index in [1.54, 1.807) is 36.4 Å². The lowest BCUT2D eigenvalue weighted by molar-refractivity contribution is -0.125. The number of hydrogen-bond donors (Lipinski definition) is 0. The maximum atomic E-state index is 12.7. The number of nitrogens with zero attached hydrogens (tertiary/aromatic N) is 1. The van der Waals surface area contributed by atoms with Gasteiger partial charge in [-0.15, -0.1) is 11.8 Å². The summed E-state index contributed by atoms with van der Waals surface area (Å²) >= 11 is 13.1. The summed E-state index contributed by atoms with van der Waals surface area (Å²) in [6.45, 7) is 0. The SMILES string of the molecule is O=C1CS[C@@H](c2ccc(Cl)cc2)C(=O)N1c1ccc(Cl)cc1. The maximum absolute atomic E-state index is 12.7. The Bertz CT molecular complexity index is 716. The molecule has 2 aromatic carbocycles. The molecule has 1 aliphatic heterocycles. The highest BCUT2D eigenvalue weighted by Crippen LogP contribution is 2.37. The van der Waals surface area contributed by atoms with E-state index in [0.717, 1.165) is 5.56 Å². The van der Waals surface area contributed by atoms with Crippen LogP contribution in [-0.2, 0) is 9.59 Å². The Kier molecular flexibility index (Phi) is 4.43. The predicted molar refractivity (Wildman–Crippen MR) is 90.6 cm³/mol. The summed E-state index contributed by atoms with van der Waals surface area (Å²) in [5, 5.41) is 0.762. The van der Waals surface area contributed by atoms with Crippen LogP contribution in [0.3, 0.4) is 0 Å². The maximum Gasteiger partial charge on any atom is 0.251 e. The van der Waals surface area contributed by atoms with Crippen LogP contribution in [0, 0.1) is 0 Å². The molecule has 6 heteroatoms. The second kappa shape index (κ2) is 6.32. The minimum absolute atomic E-state index is 0.220. The molecule has 1 fully saturated rings. The Morgan fingerprint density at radius 1 is 0.909 bits per heavy atom. The van der Waals surface area contributed by atoms with Gasteiger partial charge in [0.2, 0.25) is 5.91 Å². The number of benzene rings is 2. The minimum atomic E-state index is -0.411. The third-order valence-corrected chi connectivity index (χ3v) is 5.05. The molecule has 0 aromatic heterocycles. The molecule has 0 bridgehead atoms. The summed E-state index contributed by atoms with van der Waals surface area (Å²) in [6, 6.07) is 13.8. The molecule has 2 amide bonds. The monoisotopic (exact) mass is 351 g/mol. The molecule has 0 radical (unpaired) electrons. The van der Waals surface area contributed by atoms with Crippen molar-refractivity contribution in [1.82, 2.24) is 0 Å². The number of thioether (sulfide) groups is 1. The third kappa shape index (κ3) is 3.00. The van der Waals surface area contributed by atoms with E-state index < -0.39 is 5.25 Å². The number of carbonyl (C=O) groups is 2. The van der Waals surface area contributed by atoms with Crippen LogP contribution >= 0.6 is 35.0 Å². The van der Waals surface area contributed by atoms with Crippen molar-refractivity contribution in [2.24, 2.45) is 0 Å². The largest absolute Gasteiger partial charge is 0.273 e. The summed E-state index contributed by atoms with van der Waals surface area (Å²) in [5.74, 6) is -0.213. The number of anilines is 1. The number of halogens is 2. The lowest BCUT2D eigenvalue weighted by atomic mass is 10.1. The van der Waals surface area contributed by atoms with Crippen molar-refractivity contribution in [2.45, 2.75) is 5.25 Å². The Balaban J connectivity index is 1.93. The summed E-state index contributed by atoms with van der Waals surface area (Å²) in [4.78, 5) is 26.1. The van der Waals surface area contributed by atoms with E-state index in [0.29, 0.717) is 15.7 Å². The number of amides is 2. The van der Waals surface area contributed by atoms with E-state index in [1.807, 2.05) is 12.1 Å². The molecule has 112 valence electrons. The van der Waals surface area contributed by atoms with Gasteiger partial charge in [-0.1, -0.05) is 35.3 Å². The molecular weight excluding hydrogens is 341 g/mol. The molecule has 1 saturated heterocycles. The normalized spacial score (nSPS) is 18.6. The van der Waals surface area contributed by atoms with Crippen molar-refractivity contribution < 1.29 is 9.59 Å². The fourth-order valence-corrected chi connectivity index (χ4v) is 3.56. The molecule has 0 spiro atoms. The first kappa shape index (κ1) is 15.4. The van der Waals surface area contributed by atoms with E-state index >= 15 is 0 Å². The average molecular weight is 352 g/mol. The van der Waals surface area contributed by atoms with Gasteiger partial charge < -0.3 is 0 Å². The van der Waals surface area contributed by atoms with Crippen molar-refractivity contribution in [1.29, 1.82) is 0 Å². The Morgan fingerprint density at radius 2 is 1.45 bits per heavy atom. The molecule has 3 nitrogen and oxygen atoms in total. The molecule has 22 heavy (non-hydrogen) atoms. The molecule has 0 aliphatic carbocycles. The van der Waals surface area contributed by atoms with Crippen LogP contribution in [-0.4, -0.2) is 17.6 Å². The van der Waals surface area contributed by atoms with Crippen molar-refractivity contribution in [3.63, 3.8) is 0 Å². The number of hydrogen-bond acceptors (Lipinski definition) is 3. The third-order valence-electron chi connectivity index (χ3n) is 3.33. The van der Waals surface area contributed by atoms with Gasteiger partial charge in [0.25, 0.3) is 5.91 Å². The van der Waals surface area contributed by atoms with Gasteiger partial charge in [0.05, 0.1) is 11.4 Å². The smallest absolute Gasteiger partial charge is 0.251 e. The van der Waals surface area contributed by atoms with E-state index in [-0.39, 0.29) is 17.6 Å². The topological polar surface area (TPSA) is 37.4 Å². The van der Waals surface area contributed by atoms with Gasteiger partial charge in [0.1, 0.15) is 5.25 Å². The standard InChI is InChI=1S/C16H11Cl2NO2S/c17-11-3-1-10(2-4-11)15-16(21)19(14(20)9-22-15)13-7-5-12(18)6-8-13/h1-8,15H,9H2/t15-/m0/s1. The molecule has 1 heterocycles. The van der Waals surface area contributed by atoms with E-state index in [2.05, 4.69) is 0 Å². The molecule has 0 N–H and O–H groups in total. The van der Waals surface area contributed by atoms with Crippen LogP contribution in [0.1, 0.15) is 10.8 Å². The van der Waals surface area contributed by atoms with Crippen LogP contribution in [0.15, 0.2) is 48.5 Å². The zero-order valence-corrected chi connectivity index (χ0v) is 13.7. The first-order valence-electron chi connectivity index (χ1n) is 6.56. The fraction of sp³-hybridized carbons (Fsp3) is 0.125. The van der Waals surface area contributed by atoms with Crippen molar-refractivity contribution in [3.05, 3.63) is 64.1 Å².